The third-order valence-electron chi connectivity index (χ3n) is 3.84. The molecule has 0 fully saturated rings. The van der Waals surface area contributed by atoms with Crippen molar-refractivity contribution in [2.24, 2.45) is 0 Å². The van der Waals surface area contributed by atoms with Crippen LogP contribution >= 0.6 is 0 Å². The molecular weight excluding hydrogens is 336 g/mol. The van der Waals surface area contributed by atoms with E-state index in [0.29, 0.717) is 34.7 Å². The molecule has 130 valence electrons. The molecule has 0 aliphatic carbocycles. The third-order valence-corrected chi connectivity index (χ3v) is 3.84. The summed E-state index contributed by atoms with van der Waals surface area (Å²) in [4.78, 5) is 20.0. The number of carbonyl (C=O) groups excluding carboxylic acids is 1. The first-order chi connectivity index (χ1) is 12.7. The predicted octanol–water partition coefficient (Wildman–Crippen LogP) is 1.90. The Morgan fingerprint density at radius 3 is 2.73 bits per heavy atom. The first-order valence-electron chi connectivity index (χ1n) is 7.73. The van der Waals surface area contributed by atoms with E-state index in [9.17, 15) is 4.79 Å². The van der Waals surface area contributed by atoms with E-state index in [1.807, 2.05) is 12.1 Å². The molecule has 3 aromatic heterocycles. The van der Waals surface area contributed by atoms with Gasteiger partial charge in [-0.1, -0.05) is 17.3 Å². The minimum absolute atomic E-state index is 0.105. The van der Waals surface area contributed by atoms with E-state index >= 15 is 0 Å². The van der Waals surface area contributed by atoms with Gasteiger partial charge < -0.3 is 14.9 Å². The molecule has 1 aromatic carbocycles. The number of nitrogen functional groups attached to an aromatic ring is 1. The minimum atomic E-state index is -0.383. The number of anilines is 1. The number of methoxy groups -OCH3 is 1. The van der Waals surface area contributed by atoms with Gasteiger partial charge in [0.25, 0.3) is 0 Å². The summed E-state index contributed by atoms with van der Waals surface area (Å²) in [6, 6.07) is 10.5. The van der Waals surface area contributed by atoms with Gasteiger partial charge in [-0.05, 0) is 29.8 Å². The second-order valence-corrected chi connectivity index (χ2v) is 5.52. The van der Waals surface area contributed by atoms with E-state index in [1.54, 1.807) is 35.2 Å². The second-order valence-electron chi connectivity index (χ2n) is 5.52. The highest BCUT2D eigenvalue weighted by Gasteiger charge is 2.17. The Kier molecular flexibility index (Phi) is 3.81. The summed E-state index contributed by atoms with van der Waals surface area (Å²) in [5, 5.41) is 8.32. The molecular formula is C17H14N6O3. The molecule has 9 nitrogen and oxygen atoms in total. The minimum Gasteiger partial charge on any atom is -0.465 e. The van der Waals surface area contributed by atoms with Crippen molar-refractivity contribution < 1.29 is 13.9 Å². The van der Waals surface area contributed by atoms with Gasteiger partial charge in [-0.3, -0.25) is 0 Å². The lowest BCUT2D eigenvalue weighted by molar-refractivity contribution is 0.0600. The lowest BCUT2D eigenvalue weighted by atomic mass is 10.1. The van der Waals surface area contributed by atoms with Crippen molar-refractivity contribution in [1.29, 1.82) is 0 Å². The van der Waals surface area contributed by atoms with Crippen molar-refractivity contribution in [3.05, 3.63) is 53.8 Å². The van der Waals surface area contributed by atoms with Gasteiger partial charge in [-0.15, -0.1) is 5.10 Å². The van der Waals surface area contributed by atoms with Gasteiger partial charge in [0.05, 0.1) is 25.5 Å². The number of esters is 1. The molecule has 9 heteroatoms. The van der Waals surface area contributed by atoms with E-state index in [-0.39, 0.29) is 11.9 Å². The standard InChI is InChI=1S/C17H14N6O3/c1-25-16(24)11-6-4-10(5-7-11)9-23-15-14(21-22-23)13(19-17(18)20-15)12-3-2-8-26-12/h2-8H,9H2,1H3,(H2,18,19,20). The molecule has 0 radical (unpaired) electrons. The Bertz CT molecular complexity index is 1070. The van der Waals surface area contributed by atoms with E-state index in [2.05, 4.69) is 20.3 Å². The molecule has 3 heterocycles. The van der Waals surface area contributed by atoms with Gasteiger partial charge in [0.1, 0.15) is 5.69 Å². The Labute approximate surface area is 147 Å². The van der Waals surface area contributed by atoms with Crippen LogP contribution < -0.4 is 5.73 Å². The van der Waals surface area contributed by atoms with Crippen molar-refractivity contribution in [3.8, 4) is 11.5 Å². The molecule has 0 spiro atoms. The Morgan fingerprint density at radius 1 is 1.23 bits per heavy atom. The summed E-state index contributed by atoms with van der Waals surface area (Å²) in [6.45, 7) is 0.409. The number of furan rings is 1. The second kappa shape index (κ2) is 6.28. The average Bonchev–Trinajstić information content (AvgIpc) is 3.32. The molecule has 0 amide bonds. The van der Waals surface area contributed by atoms with Gasteiger partial charge in [-0.25, -0.2) is 14.5 Å². The van der Waals surface area contributed by atoms with Crippen molar-refractivity contribution in [3.63, 3.8) is 0 Å². The van der Waals surface area contributed by atoms with E-state index < -0.39 is 0 Å². The monoisotopic (exact) mass is 350 g/mol. The molecule has 0 unspecified atom stereocenters. The van der Waals surface area contributed by atoms with E-state index in [1.165, 1.54) is 7.11 Å². The third kappa shape index (κ3) is 2.75. The summed E-state index contributed by atoms with van der Waals surface area (Å²) in [5.41, 5.74) is 8.72. The van der Waals surface area contributed by atoms with Gasteiger partial charge in [0.15, 0.2) is 16.9 Å². The van der Waals surface area contributed by atoms with Crippen LogP contribution in [0.1, 0.15) is 15.9 Å². The van der Waals surface area contributed by atoms with Gasteiger partial charge in [0, 0.05) is 0 Å². The molecule has 0 saturated heterocycles. The molecule has 0 aliphatic heterocycles. The molecule has 0 aliphatic rings. The molecule has 0 atom stereocenters. The molecule has 2 N–H and O–H groups in total. The number of hydrogen-bond acceptors (Lipinski definition) is 8. The van der Waals surface area contributed by atoms with Crippen molar-refractivity contribution in [1.82, 2.24) is 25.0 Å². The maximum absolute atomic E-state index is 11.5. The van der Waals surface area contributed by atoms with Crippen molar-refractivity contribution >= 4 is 23.1 Å². The lowest BCUT2D eigenvalue weighted by Gasteiger charge is -2.05. The fourth-order valence-corrected chi connectivity index (χ4v) is 2.60. The number of nitrogens with zero attached hydrogens (tertiary/aromatic N) is 5. The van der Waals surface area contributed by atoms with Crippen LogP contribution in [0, 0.1) is 0 Å². The summed E-state index contributed by atoms with van der Waals surface area (Å²) in [7, 11) is 1.35. The van der Waals surface area contributed by atoms with Gasteiger partial charge in [-0.2, -0.15) is 4.98 Å². The number of carbonyl (C=O) groups is 1. The van der Waals surface area contributed by atoms with E-state index in [0.717, 1.165) is 5.56 Å². The smallest absolute Gasteiger partial charge is 0.337 e. The van der Waals surface area contributed by atoms with Crippen LogP contribution in [-0.2, 0) is 11.3 Å². The Hall–Kier alpha value is -3.75. The zero-order valence-electron chi connectivity index (χ0n) is 13.8. The molecule has 0 bridgehead atoms. The SMILES string of the molecule is COC(=O)c1ccc(Cn2nnc3c(-c4ccco4)nc(N)nc32)cc1. The maximum Gasteiger partial charge on any atom is 0.337 e. The van der Waals surface area contributed by atoms with Crippen LogP contribution in [0.3, 0.4) is 0 Å². The number of fused-ring (bicyclic) bond motifs is 1. The van der Waals surface area contributed by atoms with Crippen LogP contribution in [0.5, 0.6) is 0 Å². The maximum atomic E-state index is 11.5. The quantitative estimate of drug-likeness (QED) is 0.554. The van der Waals surface area contributed by atoms with Crippen molar-refractivity contribution in [2.45, 2.75) is 6.54 Å². The summed E-state index contributed by atoms with van der Waals surface area (Å²) in [6.07, 6.45) is 1.55. The number of rotatable bonds is 4. The number of hydrogen-bond donors (Lipinski definition) is 1. The number of aromatic nitrogens is 5. The molecule has 26 heavy (non-hydrogen) atoms. The molecule has 4 aromatic rings. The van der Waals surface area contributed by atoms with Crippen LogP contribution in [0.15, 0.2) is 47.1 Å². The highest BCUT2D eigenvalue weighted by Crippen LogP contribution is 2.25. The average molecular weight is 350 g/mol. The zero-order valence-corrected chi connectivity index (χ0v) is 13.8. The summed E-state index contributed by atoms with van der Waals surface area (Å²) < 4.78 is 11.7. The topological polar surface area (TPSA) is 122 Å². The molecule has 0 saturated carbocycles. The first kappa shape index (κ1) is 15.8. The Balaban J connectivity index is 1.71. The van der Waals surface area contributed by atoms with E-state index in [4.69, 9.17) is 14.9 Å². The van der Waals surface area contributed by atoms with Gasteiger partial charge in [0.2, 0.25) is 5.95 Å². The lowest BCUT2D eigenvalue weighted by Crippen LogP contribution is -2.06. The largest absolute Gasteiger partial charge is 0.465 e. The predicted molar refractivity (Wildman–Crippen MR) is 92.1 cm³/mol. The number of nitrogens with two attached hydrogens (primary N) is 1. The van der Waals surface area contributed by atoms with Crippen LogP contribution in [-0.4, -0.2) is 38.0 Å². The number of ether oxygens (including phenoxy) is 1. The zero-order chi connectivity index (χ0) is 18.1. The normalized spacial score (nSPS) is 11.0. The van der Waals surface area contributed by atoms with Crippen LogP contribution in [0.2, 0.25) is 0 Å². The summed E-state index contributed by atoms with van der Waals surface area (Å²) in [5.74, 6) is 0.262. The Morgan fingerprint density at radius 2 is 2.04 bits per heavy atom. The molecule has 4 rings (SSSR count). The van der Waals surface area contributed by atoms with Gasteiger partial charge >= 0.3 is 5.97 Å². The fraction of sp³-hybridized carbons (Fsp3) is 0.118. The number of benzene rings is 1. The van der Waals surface area contributed by atoms with Crippen molar-refractivity contribution in [2.75, 3.05) is 12.8 Å². The fourth-order valence-electron chi connectivity index (χ4n) is 2.60. The first-order valence-corrected chi connectivity index (χ1v) is 7.73. The van der Waals surface area contributed by atoms with Crippen LogP contribution in [0.4, 0.5) is 5.95 Å². The highest BCUT2D eigenvalue weighted by atomic mass is 16.5. The highest BCUT2D eigenvalue weighted by molar-refractivity contribution is 5.89. The summed E-state index contributed by atoms with van der Waals surface area (Å²) >= 11 is 0. The van der Waals surface area contributed by atoms with Crippen LogP contribution in [0.25, 0.3) is 22.6 Å².